The van der Waals surface area contributed by atoms with Crippen LogP contribution in [-0.2, 0) is 4.79 Å². The van der Waals surface area contributed by atoms with Crippen LogP contribution in [0.1, 0.15) is 110 Å². The van der Waals surface area contributed by atoms with Crippen LogP contribution in [-0.4, -0.2) is 21.5 Å². The molecule has 176 valence electrons. The number of nitrogens with two attached hydrogens (primary N) is 1. The molecule has 0 aromatic heterocycles. The predicted molar refractivity (Wildman–Crippen MR) is 131 cm³/mol. The summed E-state index contributed by atoms with van der Waals surface area (Å²) >= 11 is 0. The summed E-state index contributed by atoms with van der Waals surface area (Å²) in [7, 11) is 0. The van der Waals surface area contributed by atoms with Crippen molar-refractivity contribution in [2.75, 3.05) is 0 Å². The lowest BCUT2D eigenvalue weighted by atomic mass is 9.84. The summed E-state index contributed by atoms with van der Waals surface area (Å²) in [6, 6.07) is 0. The molecular weight excluding hydrogens is 398 g/mol. The first-order valence-corrected chi connectivity index (χ1v) is 11.5. The highest BCUT2D eigenvalue weighted by molar-refractivity contribution is 5.88. The minimum atomic E-state index is -1.31. The van der Waals surface area contributed by atoms with Gasteiger partial charge in [0.15, 0.2) is 5.78 Å². The van der Waals surface area contributed by atoms with Gasteiger partial charge >= 0.3 is 0 Å². The molecule has 4 N–H and O–H groups in total. The van der Waals surface area contributed by atoms with E-state index in [1.165, 1.54) is 57.8 Å². The minimum Gasteiger partial charge on any atom is -0.513 e. The summed E-state index contributed by atoms with van der Waals surface area (Å²) in [6.45, 7) is 9.08. The topological polar surface area (TPSA) is 83.6 Å². The van der Waals surface area contributed by atoms with E-state index in [1.807, 2.05) is 0 Å². The van der Waals surface area contributed by atoms with Gasteiger partial charge in [-0.15, -0.1) is 12.4 Å². The molecule has 5 heteroatoms. The maximum atomic E-state index is 12.4. The first-order chi connectivity index (χ1) is 13.8. The third kappa shape index (κ3) is 17.6. The highest BCUT2D eigenvalue weighted by atomic mass is 35.5. The molecule has 0 atom stereocenters. The Bertz CT molecular complexity index is 487. The molecule has 0 saturated heterocycles. The lowest BCUT2D eigenvalue weighted by Crippen LogP contribution is -2.48. The van der Waals surface area contributed by atoms with Crippen molar-refractivity contribution in [3.05, 3.63) is 36.8 Å². The molecule has 0 aliphatic rings. The van der Waals surface area contributed by atoms with Crippen molar-refractivity contribution in [2.45, 2.75) is 115 Å². The number of carbonyl (C=O) groups excluding carboxylic acids is 1. The molecular formula is C25H46ClNO3. The van der Waals surface area contributed by atoms with E-state index in [4.69, 9.17) is 5.73 Å². The molecule has 0 bridgehead atoms. The molecule has 0 aliphatic carbocycles. The largest absolute Gasteiger partial charge is 0.513 e. The number of aliphatic hydroxyl groups excluding tert-OH is 2. The summed E-state index contributed by atoms with van der Waals surface area (Å²) < 4.78 is 0. The number of aliphatic hydroxyl groups is 2. The number of Topliss-reactive ketones (excluding diaryl/α,β-unsaturated/α-hetero) is 1. The Balaban J connectivity index is 0. The molecule has 0 spiro atoms. The number of carbonyl (C=O) groups is 1. The molecule has 0 unspecified atom stereocenters. The Morgan fingerprint density at radius 1 is 0.800 bits per heavy atom. The van der Waals surface area contributed by atoms with Crippen molar-refractivity contribution in [1.82, 2.24) is 0 Å². The molecule has 0 rings (SSSR count). The Morgan fingerprint density at radius 2 is 1.20 bits per heavy atom. The Labute approximate surface area is 191 Å². The highest BCUT2D eigenvalue weighted by Gasteiger charge is 2.34. The molecule has 0 fully saturated rings. The zero-order valence-corrected chi connectivity index (χ0v) is 20.0. The predicted octanol–water partition coefficient (Wildman–Crippen LogP) is 7.64. The second kappa shape index (κ2) is 19.7. The van der Waals surface area contributed by atoms with Crippen LogP contribution in [0.2, 0.25) is 0 Å². The van der Waals surface area contributed by atoms with E-state index in [9.17, 15) is 15.0 Å². The van der Waals surface area contributed by atoms with Gasteiger partial charge in [-0.2, -0.15) is 0 Å². The maximum absolute atomic E-state index is 12.4. The number of hydrogen-bond donors (Lipinski definition) is 3. The van der Waals surface area contributed by atoms with E-state index < -0.39 is 5.54 Å². The van der Waals surface area contributed by atoms with Crippen molar-refractivity contribution < 1.29 is 15.0 Å². The van der Waals surface area contributed by atoms with Gasteiger partial charge in [-0.3, -0.25) is 4.79 Å². The second-order valence-electron chi connectivity index (χ2n) is 8.40. The van der Waals surface area contributed by atoms with E-state index in [2.05, 4.69) is 32.2 Å². The van der Waals surface area contributed by atoms with E-state index in [0.717, 1.165) is 25.7 Å². The highest BCUT2D eigenvalue weighted by Crippen LogP contribution is 2.23. The Morgan fingerprint density at radius 3 is 1.63 bits per heavy atom. The van der Waals surface area contributed by atoms with E-state index >= 15 is 0 Å². The maximum Gasteiger partial charge on any atom is 0.153 e. The van der Waals surface area contributed by atoms with E-state index in [-0.39, 0.29) is 42.6 Å². The number of rotatable bonds is 20. The van der Waals surface area contributed by atoms with Crippen LogP contribution in [0.15, 0.2) is 36.8 Å². The monoisotopic (exact) mass is 443 g/mol. The smallest absolute Gasteiger partial charge is 0.153 e. The van der Waals surface area contributed by atoms with Gasteiger partial charge in [0, 0.05) is 19.3 Å². The standard InChI is InChI=1S/C25H45NO3.ClH/c1-4-5-6-7-8-9-10-11-12-13-14-15-16-17-18-19-24(29)25(26,20-22(2)27)21-23(3)28;/h11-12,27-28H,2-10,13-21,26H2,1H3;1H. The van der Waals surface area contributed by atoms with Gasteiger partial charge in [-0.05, 0) is 32.1 Å². The van der Waals surface area contributed by atoms with E-state index in [0.29, 0.717) is 6.42 Å². The third-order valence-electron chi connectivity index (χ3n) is 5.26. The van der Waals surface area contributed by atoms with Gasteiger partial charge in [0.1, 0.15) is 0 Å². The lowest BCUT2D eigenvalue weighted by Gasteiger charge is -2.27. The molecule has 0 aliphatic heterocycles. The van der Waals surface area contributed by atoms with Crippen LogP contribution in [0.4, 0.5) is 0 Å². The van der Waals surface area contributed by atoms with Gasteiger partial charge in [0.2, 0.25) is 0 Å². The first kappa shape index (κ1) is 30.9. The minimum absolute atomic E-state index is 0. The van der Waals surface area contributed by atoms with Crippen molar-refractivity contribution in [3.63, 3.8) is 0 Å². The molecule has 0 amide bonds. The normalized spacial score (nSPS) is 11.4. The fourth-order valence-corrected chi connectivity index (χ4v) is 3.59. The zero-order valence-electron chi connectivity index (χ0n) is 19.2. The molecule has 4 nitrogen and oxygen atoms in total. The van der Waals surface area contributed by atoms with Gasteiger partial charge in [0.25, 0.3) is 0 Å². The van der Waals surface area contributed by atoms with Crippen LogP contribution >= 0.6 is 12.4 Å². The number of unbranched alkanes of at least 4 members (excludes halogenated alkanes) is 11. The van der Waals surface area contributed by atoms with Gasteiger partial charge < -0.3 is 15.9 Å². The summed E-state index contributed by atoms with van der Waals surface area (Å²) in [6.07, 6.45) is 20.6. The van der Waals surface area contributed by atoms with Gasteiger partial charge in [-0.1, -0.05) is 83.6 Å². The fraction of sp³-hybridized carbons (Fsp3) is 0.720. The zero-order chi connectivity index (χ0) is 22.0. The first-order valence-electron chi connectivity index (χ1n) is 11.5. The lowest BCUT2D eigenvalue weighted by molar-refractivity contribution is -0.124. The van der Waals surface area contributed by atoms with Crippen LogP contribution in [0, 0.1) is 0 Å². The molecule has 0 aromatic carbocycles. The van der Waals surface area contributed by atoms with Crippen molar-refractivity contribution in [1.29, 1.82) is 0 Å². The summed E-state index contributed by atoms with van der Waals surface area (Å²) in [4.78, 5) is 12.4. The molecule has 30 heavy (non-hydrogen) atoms. The summed E-state index contributed by atoms with van der Waals surface area (Å²) in [5, 5.41) is 18.8. The van der Waals surface area contributed by atoms with Crippen molar-refractivity contribution in [2.24, 2.45) is 5.73 Å². The summed E-state index contributed by atoms with van der Waals surface area (Å²) in [5.41, 5.74) is 4.80. The number of hydrogen-bond acceptors (Lipinski definition) is 4. The molecule has 0 saturated carbocycles. The average Bonchev–Trinajstić information content (AvgIpc) is 2.63. The second-order valence-corrected chi connectivity index (χ2v) is 8.40. The Hall–Kier alpha value is -1.26. The van der Waals surface area contributed by atoms with Crippen molar-refractivity contribution in [3.8, 4) is 0 Å². The van der Waals surface area contributed by atoms with Crippen molar-refractivity contribution >= 4 is 18.2 Å². The quantitative estimate of drug-likeness (QED) is 0.102. The van der Waals surface area contributed by atoms with Crippen LogP contribution in [0.5, 0.6) is 0 Å². The summed E-state index contributed by atoms with van der Waals surface area (Å²) in [5.74, 6) is -0.446. The average molecular weight is 444 g/mol. The van der Waals surface area contributed by atoms with E-state index in [1.54, 1.807) is 0 Å². The number of allylic oxidation sites excluding steroid dienone is 2. The van der Waals surface area contributed by atoms with Gasteiger partial charge in [0.05, 0.1) is 17.1 Å². The van der Waals surface area contributed by atoms with Gasteiger partial charge in [-0.25, -0.2) is 0 Å². The number of ketones is 1. The number of halogens is 1. The van der Waals surface area contributed by atoms with Crippen LogP contribution in [0.25, 0.3) is 0 Å². The molecule has 0 aromatic rings. The van der Waals surface area contributed by atoms with Crippen LogP contribution < -0.4 is 5.73 Å². The fourth-order valence-electron chi connectivity index (χ4n) is 3.59. The molecule has 0 radical (unpaired) electrons. The third-order valence-corrected chi connectivity index (χ3v) is 5.26. The Kier molecular flexibility index (Phi) is 20.3. The van der Waals surface area contributed by atoms with Crippen LogP contribution in [0.3, 0.4) is 0 Å². The molecule has 0 heterocycles. The SMILES string of the molecule is C=C(O)CC(N)(CC(=C)O)C(=O)CCCCCCCC=CCCCCCCCC.Cl.